The highest BCUT2D eigenvalue weighted by Crippen LogP contribution is 2.22. The Morgan fingerprint density at radius 3 is 2.55 bits per heavy atom. The lowest BCUT2D eigenvalue weighted by Crippen LogP contribution is -2.48. The number of aromatic amines is 1. The highest BCUT2D eigenvalue weighted by Gasteiger charge is 2.28. The molecule has 1 aromatic heterocycles. The summed E-state index contributed by atoms with van der Waals surface area (Å²) in [5, 5.41) is 17.4. The Balaban J connectivity index is 0.00000132. The first-order valence-electron chi connectivity index (χ1n) is 10.6. The van der Waals surface area contributed by atoms with Gasteiger partial charge in [0.15, 0.2) is 12.1 Å². The summed E-state index contributed by atoms with van der Waals surface area (Å²) in [6.45, 7) is 5.01. The SMILES string of the molecule is CC.CN1C=CC=C(NC(=O)N2CCC(n3nc(-c4ccccc4)[nH]c3=O)CC2)C1O. The van der Waals surface area contributed by atoms with Crippen LogP contribution in [0.4, 0.5) is 4.79 Å². The second-order valence-electron chi connectivity index (χ2n) is 7.24. The summed E-state index contributed by atoms with van der Waals surface area (Å²) in [5.74, 6) is 0.547. The number of urea groups is 1. The summed E-state index contributed by atoms with van der Waals surface area (Å²) in [4.78, 5) is 31.0. The zero-order chi connectivity index (χ0) is 22.4. The second-order valence-corrected chi connectivity index (χ2v) is 7.24. The van der Waals surface area contributed by atoms with E-state index in [1.54, 1.807) is 35.2 Å². The molecule has 2 amide bonds. The zero-order valence-electron chi connectivity index (χ0n) is 18.2. The molecule has 1 unspecified atom stereocenters. The van der Waals surface area contributed by atoms with Crippen molar-refractivity contribution in [3.8, 4) is 11.4 Å². The van der Waals surface area contributed by atoms with Gasteiger partial charge < -0.3 is 20.2 Å². The van der Waals surface area contributed by atoms with Gasteiger partial charge in [0.05, 0.1) is 11.7 Å². The number of H-pyrrole nitrogens is 1. The number of aromatic nitrogens is 3. The van der Waals surface area contributed by atoms with Crippen LogP contribution in [0.15, 0.2) is 59.2 Å². The van der Waals surface area contributed by atoms with Crippen molar-refractivity contribution in [3.63, 3.8) is 0 Å². The Bertz CT molecular complexity index is 986. The smallest absolute Gasteiger partial charge is 0.343 e. The topological polar surface area (TPSA) is 106 Å². The van der Waals surface area contributed by atoms with Crippen molar-refractivity contribution in [1.29, 1.82) is 0 Å². The molecule has 0 bridgehead atoms. The first-order chi connectivity index (χ1) is 15.0. The predicted octanol–water partition coefficient (Wildman–Crippen LogP) is 2.27. The summed E-state index contributed by atoms with van der Waals surface area (Å²) in [7, 11) is 1.73. The monoisotopic (exact) mass is 426 g/mol. The van der Waals surface area contributed by atoms with Crippen LogP contribution in [-0.4, -0.2) is 62.1 Å². The van der Waals surface area contributed by atoms with Crippen LogP contribution in [-0.2, 0) is 0 Å². The average molecular weight is 427 g/mol. The number of aliphatic hydroxyl groups is 1. The molecule has 3 N–H and O–H groups in total. The van der Waals surface area contributed by atoms with Crippen LogP contribution in [0, 0.1) is 0 Å². The van der Waals surface area contributed by atoms with Gasteiger partial charge in [0.25, 0.3) is 0 Å². The van der Waals surface area contributed by atoms with E-state index in [1.807, 2.05) is 44.2 Å². The van der Waals surface area contributed by atoms with Crippen molar-refractivity contribution in [2.24, 2.45) is 0 Å². The molecule has 1 aromatic carbocycles. The summed E-state index contributed by atoms with van der Waals surface area (Å²) >= 11 is 0. The van der Waals surface area contributed by atoms with Crippen LogP contribution < -0.4 is 11.0 Å². The first kappa shape index (κ1) is 22.4. The summed E-state index contributed by atoms with van der Waals surface area (Å²) in [5.41, 5.74) is 1.06. The maximum Gasteiger partial charge on any atom is 0.343 e. The number of nitrogens with one attached hydrogen (secondary N) is 2. The fourth-order valence-corrected chi connectivity index (χ4v) is 3.60. The molecule has 31 heavy (non-hydrogen) atoms. The third-order valence-corrected chi connectivity index (χ3v) is 5.30. The van der Waals surface area contributed by atoms with Gasteiger partial charge in [-0.1, -0.05) is 44.2 Å². The van der Waals surface area contributed by atoms with Crippen LogP contribution in [0.3, 0.4) is 0 Å². The van der Waals surface area contributed by atoms with Crippen molar-refractivity contribution in [2.75, 3.05) is 20.1 Å². The number of allylic oxidation sites excluding steroid dienone is 2. The number of likely N-dealkylation sites (tertiary alicyclic amines) is 1. The highest BCUT2D eigenvalue weighted by atomic mass is 16.3. The number of piperidine rings is 1. The number of amides is 2. The molecule has 0 aliphatic carbocycles. The second kappa shape index (κ2) is 10.1. The quantitative estimate of drug-likeness (QED) is 0.698. The molecular weight excluding hydrogens is 396 g/mol. The number of carbonyl (C=O) groups excluding carboxylic acids is 1. The van der Waals surface area contributed by atoms with E-state index in [0.717, 1.165) is 5.56 Å². The molecule has 0 radical (unpaired) electrons. The van der Waals surface area contributed by atoms with Gasteiger partial charge in [-0.25, -0.2) is 14.3 Å². The maximum absolute atomic E-state index is 12.5. The lowest BCUT2D eigenvalue weighted by Gasteiger charge is -2.33. The molecule has 3 heterocycles. The normalized spacial score (nSPS) is 18.8. The van der Waals surface area contributed by atoms with Crippen LogP contribution in [0.25, 0.3) is 11.4 Å². The molecule has 0 spiro atoms. The van der Waals surface area contributed by atoms with E-state index < -0.39 is 6.23 Å². The van der Waals surface area contributed by atoms with Crippen molar-refractivity contribution >= 4 is 6.03 Å². The number of benzene rings is 1. The van der Waals surface area contributed by atoms with Crippen molar-refractivity contribution in [1.82, 2.24) is 29.9 Å². The molecule has 2 aliphatic rings. The van der Waals surface area contributed by atoms with Gasteiger partial charge in [-0.3, -0.25) is 4.98 Å². The standard InChI is InChI=1S/C20H24N6O3.C2H6/c1-24-11-5-8-16(18(24)27)21-19(28)25-12-9-15(10-13-25)26-20(29)22-17(23-26)14-6-3-2-4-7-14;1-2/h2-8,11,15,18,27H,9-10,12-13H2,1H3,(H,21,28)(H,22,23,29);1-2H3. The van der Waals surface area contributed by atoms with E-state index in [-0.39, 0.29) is 17.8 Å². The summed E-state index contributed by atoms with van der Waals surface area (Å²) < 4.78 is 1.49. The molecule has 0 saturated carbocycles. The van der Waals surface area contributed by atoms with E-state index in [4.69, 9.17) is 0 Å². The number of hydrogen-bond donors (Lipinski definition) is 3. The fraction of sp³-hybridized carbons (Fsp3) is 0.409. The number of aliphatic hydroxyl groups excluding tert-OH is 1. The van der Waals surface area contributed by atoms with Crippen molar-refractivity contribution in [2.45, 2.75) is 39.0 Å². The number of nitrogens with zero attached hydrogens (tertiary/aromatic N) is 4. The zero-order valence-corrected chi connectivity index (χ0v) is 18.2. The minimum atomic E-state index is -0.875. The molecule has 2 aromatic rings. The van der Waals surface area contributed by atoms with Crippen molar-refractivity contribution in [3.05, 3.63) is 64.9 Å². The minimum absolute atomic E-state index is 0.0613. The van der Waals surface area contributed by atoms with Gasteiger partial charge in [0.1, 0.15) is 0 Å². The number of likely N-dealkylation sites (N-methyl/N-ethyl adjacent to an activating group) is 1. The van der Waals surface area contributed by atoms with Crippen LogP contribution in [0.1, 0.15) is 32.7 Å². The molecule has 4 rings (SSSR count). The molecule has 1 fully saturated rings. The molecule has 1 saturated heterocycles. The van der Waals surface area contributed by atoms with Gasteiger partial charge in [-0.05, 0) is 25.0 Å². The molecular formula is C22H30N6O3. The molecule has 9 nitrogen and oxygen atoms in total. The van der Waals surface area contributed by atoms with E-state index in [0.29, 0.717) is 37.5 Å². The molecule has 166 valence electrons. The number of hydrogen-bond acceptors (Lipinski definition) is 5. The Kier molecular flexibility index (Phi) is 7.30. The maximum atomic E-state index is 12.5. The van der Waals surface area contributed by atoms with Crippen LogP contribution in [0.5, 0.6) is 0 Å². The van der Waals surface area contributed by atoms with Crippen molar-refractivity contribution < 1.29 is 9.90 Å². The van der Waals surface area contributed by atoms with Crippen LogP contribution >= 0.6 is 0 Å². The van der Waals surface area contributed by atoms with Gasteiger partial charge in [0, 0.05) is 31.9 Å². The van der Waals surface area contributed by atoms with E-state index in [1.165, 1.54) is 4.68 Å². The molecule has 2 aliphatic heterocycles. The summed E-state index contributed by atoms with van der Waals surface area (Å²) in [6, 6.07) is 9.19. The van der Waals surface area contributed by atoms with Crippen LogP contribution in [0.2, 0.25) is 0 Å². The molecule has 9 heteroatoms. The Labute approximate surface area is 181 Å². The Morgan fingerprint density at radius 1 is 1.19 bits per heavy atom. The lowest BCUT2D eigenvalue weighted by molar-refractivity contribution is 0.0786. The third kappa shape index (κ3) is 5.05. The number of carbonyl (C=O) groups is 1. The highest BCUT2D eigenvalue weighted by molar-refractivity contribution is 5.76. The molecule has 1 atom stereocenters. The summed E-state index contributed by atoms with van der Waals surface area (Å²) in [6.07, 6.45) is 5.58. The Hall–Kier alpha value is -3.33. The predicted molar refractivity (Wildman–Crippen MR) is 119 cm³/mol. The van der Waals surface area contributed by atoms with Gasteiger partial charge >= 0.3 is 11.7 Å². The fourth-order valence-electron chi connectivity index (χ4n) is 3.60. The van der Waals surface area contributed by atoms with Gasteiger partial charge in [-0.15, -0.1) is 5.10 Å². The largest absolute Gasteiger partial charge is 0.368 e. The lowest BCUT2D eigenvalue weighted by atomic mass is 10.1. The first-order valence-corrected chi connectivity index (χ1v) is 10.6. The third-order valence-electron chi connectivity index (χ3n) is 5.30. The Morgan fingerprint density at radius 2 is 1.87 bits per heavy atom. The number of rotatable bonds is 3. The minimum Gasteiger partial charge on any atom is -0.368 e. The average Bonchev–Trinajstić information content (AvgIpc) is 3.20. The van der Waals surface area contributed by atoms with E-state index >= 15 is 0 Å². The van der Waals surface area contributed by atoms with E-state index in [2.05, 4.69) is 15.4 Å². The van der Waals surface area contributed by atoms with Gasteiger partial charge in [0.2, 0.25) is 0 Å². The van der Waals surface area contributed by atoms with E-state index in [9.17, 15) is 14.7 Å². The van der Waals surface area contributed by atoms with Gasteiger partial charge in [-0.2, -0.15) is 0 Å².